The average Bonchev–Trinajstić information content (AvgIpc) is 3.32. The van der Waals surface area contributed by atoms with Crippen LogP contribution in [0.2, 0.25) is 0 Å². The number of nitriles is 2. The van der Waals surface area contributed by atoms with Crippen molar-refractivity contribution in [1.29, 1.82) is 10.5 Å². The molecular formula is C20H16N8O2. The second kappa shape index (κ2) is 7.10. The highest BCUT2D eigenvalue weighted by Gasteiger charge is 2.24. The van der Waals surface area contributed by atoms with Crippen molar-refractivity contribution in [3.05, 3.63) is 46.8 Å². The van der Waals surface area contributed by atoms with Gasteiger partial charge in [0.15, 0.2) is 5.65 Å². The molecule has 0 radical (unpaired) electrons. The van der Waals surface area contributed by atoms with Crippen LogP contribution in [-0.2, 0) is 11.3 Å². The van der Waals surface area contributed by atoms with Gasteiger partial charge in [-0.1, -0.05) is 0 Å². The molecule has 1 saturated heterocycles. The van der Waals surface area contributed by atoms with Crippen molar-refractivity contribution in [1.82, 2.24) is 28.7 Å². The van der Waals surface area contributed by atoms with Gasteiger partial charge >= 0.3 is 5.69 Å². The summed E-state index contributed by atoms with van der Waals surface area (Å²) in [4.78, 5) is 26.5. The number of ether oxygens (including phenoxy) is 1. The monoisotopic (exact) mass is 400 g/mol. The Hall–Kier alpha value is -4.02. The van der Waals surface area contributed by atoms with Crippen LogP contribution in [-0.4, -0.2) is 41.9 Å². The zero-order valence-corrected chi connectivity index (χ0v) is 15.9. The lowest BCUT2D eigenvalue weighted by Crippen LogP contribution is -2.30. The predicted molar refractivity (Wildman–Crippen MR) is 106 cm³/mol. The minimum absolute atomic E-state index is 0.0545. The van der Waals surface area contributed by atoms with E-state index in [-0.39, 0.29) is 18.3 Å². The standard InChI is InChI=1S/C20H16N8O2/c21-5-6-26-17-11-23-19(27-12-24-15-2-1-13(10-22)9-16(15)27)25-18(17)28(20(26)29)14-3-7-30-8-4-14/h1-2,9,11-12,14H,3-4,6-8H2. The quantitative estimate of drug-likeness (QED) is 0.512. The molecule has 0 aliphatic carbocycles. The maximum atomic E-state index is 13.1. The fraction of sp³-hybridized carbons (Fsp3) is 0.300. The molecule has 0 atom stereocenters. The molecule has 1 aromatic carbocycles. The Kier molecular flexibility index (Phi) is 4.27. The number of aromatic nitrogens is 6. The van der Waals surface area contributed by atoms with E-state index in [4.69, 9.17) is 4.74 Å². The Morgan fingerprint density at radius 1 is 1.17 bits per heavy atom. The van der Waals surface area contributed by atoms with Crippen LogP contribution in [0.1, 0.15) is 24.4 Å². The summed E-state index contributed by atoms with van der Waals surface area (Å²) in [6.45, 7) is 1.07. The lowest BCUT2D eigenvalue weighted by molar-refractivity contribution is 0.0695. The van der Waals surface area contributed by atoms with Crippen molar-refractivity contribution in [3.63, 3.8) is 0 Å². The molecule has 0 saturated carbocycles. The lowest BCUT2D eigenvalue weighted by atomic mass is 10.1. The van der Waals surface area contributed by atoms with Crippen molar-refractivity contribution in [2.45, 2.75) is 25.4 Å². The zero-order chi connectivity index (χ0) is 20.7. The Bertz CT molecular complexity index is 1410. The highest BCUT2D eigenvalue weighted by atomic mass is 16.5. The lowest BCUT2D eigenvalue weighted by Gasteiger charge is -2.22. The molecule has 0 unspecified atom stereocenters. The molecule has 1 aliphatic heterocycles. The first-order chi connectivity index (χ1) is 14.7. The number of benzene rings is 1. The molecule has 0 spiro atoms. The zero-order valence-electron chi connectivity index (χ0n) is 15.9. The minimum atomic E-state index is -0.271. The molecule has 10 nitrogen and oxygen atoms in total. The maximum absolute atomic E-state index is 13.1. The Labute approximate surface area is 170 Å². The number of imidazole rings is 2. The molecule has 148 valence electrons. The Balaban J connectivity index is 1.73. The molecule has 10 heteroatoms. The maximum Gasteiger partial charge on any atom is 0.331 e. The first kappa shape index (κ1) is 18.0. The number of nitrogens with zero attached hydrogens (tertiary/aromatic N) is 8. The van der Waals surface area contributed by atoms with Gasteiger partial charge in [-0.15, -0.1) is 0 Å². The van der Waals surface area contributed by atoms with Gasteiger partial charge in [-0.3, -0.25) is 13.7 Å². The van der Waals surface area contributed by atoms with E-state index in [1.54, 1.807) is 39.9 Å². The molecule has 5 rings (SSSR count). The summed E-state index contributed by atoms with van der Waals surface area (Å²) >= 11 is 0. The van der Waals surface area contributed by atoms with E-state index in [9.17, 15) is 15.3 Å². The van der Waals surface area contributed by atoms with Crippen LogP contribution in [0, 0.1) is 22.7 Å². The number of hydrogen-bond acceptors (Lipinski definition) is 7. The molecule has 4 aromatic rings. The molecular weight excluding hydrogens is 384 g/mol. The Morgan fingerprint density at radius 3 is 2.77 bits per heavy atom. The van der Waals surface area contributed by atoms with Crippen molar-refractivity contribution in [2.24, 2.45) is 0 Å². The molecule has 0 N–H and O–H groups in total. The predicted octanol–water partition coefficient (Wildman–Crippen LogP) is 1.68. The molecule has 0 amide bonds. The molecule has 1 aliphatic rings. The third-order valence-corrected chi connectivity index (χ3v) is 5.37. The van der Waals surface area contributed by atoms with Gasteiger partial charge in [-0.25, -0.2) is 14.8 Å². The van der Waals surface area contributed by atoms with Crippen LogP contribution in [0.3, 0.4) is 0 Å². The van der Waals surface area contributed by atoms with Crippen LogP contribution < -0.4 is 5.69 Å². The van der Waals surface area contributed by atoms with Crippen molar-refractivity contribution < 1.29 is 4.74 Å². The van der Waals surface area contributed by atoms with E-state index in [0.29, 0.717) is 59.8 Å². The van der Waals surface area contributed by atoms with Crippen LogP contribution in [0.5, 0.6) is 0 Å². The normalized spacial score (nSPS) is 14.7. The van der Waals surface area contributed by atoms with Gasteiger partial charge in [0.25, 0.3) is 0 Å². The smallest absolute Gasteiger partial charge is 0.331 e. The first-order valence-electron chi connectivity index (χ1n) is 9.51. The molecule has 0 bridgehead atoms. The average molecular weight is 400 g/mol. The van der Waals surface area contributed by atoms with Gasteiger partial charge in [0.1, 0.15) is 18.4 Å². The topological polar surface area (TPSA) is 127 Å². The summed E-state index contributed by atoms with van der Waals surface area (Å²) in [5, 5.41) is 18.4. The second-order valence-electron chi connectivity index (χ2n) is 7.05. The number of fused-ring (bicyclic) bond motifs is 2. The summed E-state index contributed by atoms with van der Waals surface area (Å²) < 4.78 is 10.2. The van der Waals surface area contributed by atoms with Crippen LogP contribution >= 0.6 is 0 Å². The fourth-order valence-electron chi connectivity index (χ4n) is 3.90. The van der Waals surface area contributed by atoms with Crippen LogP contribution in [0.15, 0.2) is 35.5 Å². The number of hydrogen-bond donors (Lipinski definition) is 0. The summed E-state index contributed by atoms with van der Waals surface area (Å²) in [6, 6.07) is 9.30. The largest absolute Gasteiger partial charge is 0.381 e. The van der Waals surface area contributed by atoms with Crippen molar-refractivity contribution in [3.8, 4) is 18.1 Å². The van der Waals surface area contributed by atoms with Gasteiger partial charge in [0.05, 0.1) is 34.9 Å². The first-order valence-corrected chi connectivity index (χ1v) is 9.51. The number of rotatable bonds is 3. The van der Waals surface area contributed by atoms with E-state index in [1.807, 2.05) is 6.07 Å². The second-order valence-corrected chi connectivity index (χ2v) is 7.05. The molecule has 30 heavy (non-hydrogen) atoms. The summed E-state index contributed by atoms with van der Waals surface area (Å²) in [7, 11) is 0. The van der Waals surface area contributed by atoms with E-state index < -0.39 is 0 Å². The molecule has 3 aromatic heterocycles. The van der Waals surface area contributed by atoms with Gasteiger partial charge in [0, 0.05) is 19.3 Å². The Morgan fingerprint density at radius 2 is 2.00 bits per heavy atom. The third kappa shape index (κ3) is 2.74. The van der Waals surface area contributed by atoms with Crippen molar-refractivity contribution in [2.75, 3.05) is 13.2 Å². The molecule has 4 heterocycles. The minimum Gasteiger partial charge on any atom is -0.381 e. The molecule has 1 fully saturated rings. The van der Waals surface area contributed by atoms with E-state index in [1.165, 1.54) is 4.57 Å². The van der Waals surface area contributed by atoms with E-state index in [0.717, 1.165) is 0 Å². The SMILES string of the molecule is N#CCn1c(=O)n(C2CCOCC2)c2nc(-n3cnc4ccc(C#N)cc43)ncc21. The van der Waals surface area contributed by atoms with Gasteiger partial charge < -0.3 is 4.74 Å². The fourth-order valence-corrected chi connectivity index (χ4v) is 3.90. The van der Waals surface area contributed by atoms with Gasteiger partial charge in [-0.05, 0) is 31.0 Å². The summed E-state index contributed by atoms with van der Waals surface area (Å²) in [5.74, 6) is 0.343. The highest BCUT2D eigenvalue weighted by Crippen LogP contribution is 2.25. The van der Waals surface area contributed by atoms with Gasteiger partial charge in [-0.2, -0.15) is 15.5 Å². The van der Waals surface area contributed by atoms with Gasteiger partial charge in [0.2, 0.25) is 5.95 Å². The van der Waals surface area contributed by atoms with Crippen molar-refractivity contribution >= 4 is 22.2 Å². The summed E-state index contributed by atoms with van der Waals surface area (Å²) in [6.07, 6.45) is 4.55. The van der Waals surface area contributed by atoms with E-state index >= 15 is 0 Å². The summed E-state index contributed by atoms with van der Waals surface area (Å²) in [5.41, 5.74) is 2.63. The third-order valence-electron chi connectivity index (χ3n) is 5.37. The van der Waals surface area contributed by atoms with Crippen LogP contribution in [0.4, 0.5) is 0 Å². The van der Waals surface area contributed by atoms with Crippen LogP contribution in [0.25, 0.3) is 28.1 Å². The van der Waals surface area contributed by atoms with E-state index in [2.05, 4.69) is 21.0 Å². The highest BCUT2D eigenvalue weighted by molar-refractivity contribution is 5.79.